The van der Waals surface area contributed by atoms with Crippen LogP contribution in [0.5, 0.6) is 5.75 Å². The number of carboxylic acids is 1. The molecule has 1 N–H and O–H groups in total. The number of benzene rings is 2. The van der Waals surface area contributed by atoms with Gasteiger partial charge in [-0.1, -0.05) is 30.3 Å². The second-order valence-corrected chi connectivity index (χ2v) is 7.86. The van der Waals surface area contributed by atoms with Gasteiger partial charge in [-0.25, -0.2) is 0 Å². The van der Waals surface area contributed by atoms with E-state index in [4.69, 9.17) is 4.74 Å². The molecule has 1 aliphatic rings. The molecule has 0 unspecified atom stereocenters. The third-order valence-electron chi connectivity index (χ3n) is 3.74. The van der Waals surface area contributed by atoms with E-state index in [-0.39, 0.29) is 23.2 Å². The van der Waals surface area contributed by atoms with E-state index in [0.717, 1.165) is 22.9 Å². The third-order valence-corrected chi connectivity index (χ3v) is 5.26. The number of hydrogen-bond acceptors (Lipinski definition) is 6. The van der Waals surface area contributed by atoms with Gasteiger partial charge in [0, 0.05) is 6.92 Å². The van der Waals surface area contributed by atoms with Gasteiger partial charge >= 0.3 is 0 Å². The molecular formula is C20H14BrN2O5S-. The summed E-state index contributed by atoms with van der Waals surface area (Å²) in [5, 5.41) is 13.5. The Balaban J connectivity index is 1.65. The van der Waals surface area contributed by atoms with E-state index >= 15 is 0 Å². The van der Waals surface area contributed by atoms with Gasteiger partial charge in [-0.2, -0.15) is 4.99 Å². The molecule has 0 fully saturated rings. The lowest BCUT2D eigenvalue weighted by molar-refractivity contribution is -0.255. The number of nitrogens with zero attached hydrogens (tertiary/aromatic N) is 1. The Morgan fingerprint density at radius 2 is 1.97 bits per heavy atom. The second-order valence-electron chi connectivity index (χ2n) is 5.98. The topological polar surface area (TPSA) is 108 Å². The van der Waals surface area contributed by atoms with Gasteiger partial charge in [-0.05, 0) is 62.6 Å². The van der Waals surface area contributed by atoms with Crippen molar-refractivity contribution in [3.63, 3.8) is 0 Å². The van der Waals surface area contributed by atoms with Crippen molar-refractivity contribution in [2.24, 2.45) is 4.99 Å². The zero-order valence-electron chi connectivity index (χ0n) is 15.1. The summed E-state index contributed by atoms with van der Waals surface area (Å²) < 4.78 is 6.45. The summed E-state index contributed by atoms with van der Waals surface area (Å²) >= 11 is 4.54. The van der Waals surface area contributed by atoms with Crippen molar-refractivity contribution in [2.75, 3.05) is 0 Å². The van der Waals surface area contributed by atoms with E-state index in [1.165, 1.54) is 19.1 Å². The number of rotatable bonds is 5. The van der Waals surface area contributed by atoms with Crippen LogP contribution in [0.2, 0.25) is 0 Å². The second kappa shape index (κ2) is 9.06. The third kappa shape index (κ3) is 5.55. The minimum atomic E-state index is -1.22. The monoisotopic (exact) mass is 473 g/mol. The summed E-state index contributed by atoms with van der Waals surface area (Å²) in [4.78, 5) is 38.0. The summed E-state index contributed by atoms with van der Waals surface area (Å²) in [7, 11) is 0. The molecule has 0 saturated carbocycles. The fourth-order valence-electron chi connectivity index (χ4n) is 2.39. The maximum absolute atomic E-state index is 11.9. The van der Waals surface area contributed by atoms with E-state index < -0.39 is 11.9 Å². The molecular weight excluding hydrogens is 460 g/mol. The molecule has 0 bridgehead atoms. The zero-order chi connectivity index (χ0) is 21.0. The maximum Gasteiger partial charge on any atom is 0.286 e. The number of carbonyl (C=O) groups excluding carboxylic acids is 3. The van der Waals surface area contributed by atoms with Crippen LogP contribution in [0.15, 0.2) is 56.8 Å². The molecule has 0 saturated heterocycles. The Bertz CT molecular complexity index is 1050. The molecule has 3 rings (SSSR count). The summed E-state index contributed by atoms with van der Waals surface area (Å²) in [6.45, 7) is 1.61. The smallest absolute Gasteiger partial charge is 0.286 e. The zero-order valence-corrected chi connectivity index (χ0v) is 17.5. The molecule has 2 aromatic rings. The highest BCUT2D eigenvalue weighted by Gasteiger charge is 2.22. The van der Waals surface area contributed by atoms with E-state index in [2.05, 4.69) is 26.2 Å². The van der Waals surface area contributed by atoms with Crippen LogP contribution in [-0.2, 0) is 16.2 Å². The number of halogens is 1. The minimum Gasteiger partial charge on any atom is -0.545 e. The number of ether oxygens (including phenoxy) is 1. The molecule has 2 amide bonds. The maximum atomic E-state index is 11.9. The number of hydrogen-bond donors (Lipinski definition) is 1. The van der Waals surface area contributed by atoms with Crippen LogP contribution in [-0.4, -0.2) is 23.0 Å². The minimum absolute atomic E-state index is 0.109. The molecule has 29 heavy (non-hydrogen) atoms. The predicted octanol–water partition coefficient (Wildman–Crippen LogP) is 2.50. The Labute approximate surface area is 179 Å². The number of nitrogens with one attached hydrogen (secondary N) is 1. The van der Waals surface area contributed by atoms with Gasteiger partial charge in [-0.15, -0.1) is 0 Å². The standard InChI is InChI=1S/C20H15BrN2O5S/c1-11(24)22-20-23-18(25)17(29-20)9-13-4-7-16(15(21)8-13)28-10-12-2-5-14(6-3-12)19(26)27/h2-9H,10H2,1H3,(H,26,27)(H,22,23,24,25)/p-1/b17-9+. The molecule has 148 valence electrons. The molecule has 2 aromatic carbocycles. The number of thioether (sulfide) groups is 1. The van der Waals surface area contributed by atoms with Gasteiger partial charge < -0.3 is 20.0 Å². The van der Waals surface area contributed by atoms with Gasteiger partial charge in [0.1, 0.15) is 12.4 Å². The van der Waals surface area contributed by atoms with Gasteiger partial charge in [0.15, 0.2) is 5.17 Å². The molecule has 0 aromatic heterocycles. The lowest BCUT2D eigenvalue weighted by Gasteiger charge is -2.10. The summed E-state index contributed by atoms with van der Waals surface area (Å²) in [5.41, 5.74) is 1.68. The van der Waals surface area contributed by atoms with Gasteiger partial charge in [-0.3, -0.25) is 9.59 Å². The molecule has 0 radical (unpaired) electrons. The van der Waals surface area contributed by atoms with E-state index in [0.29, 0.717) is 15.1 Å². The van der Waals surface area contributed by atoms with Crippen LogP contribution in [0.25, 0.3) is 6.08 Å². The first-order valence-corrected chi connectivity index (χ1v) is 9.95. The average Bonchev–Trinajstić information content (AvgIpc) is 2.99. The van der Waals surface area contributed by atoms with Crippen LogP contribution >= 0.6 is 27.7 Å². The predicted molar refractivity (Wildman–Crippen MR) is 111 cm³/mol. The summed E-state index contributed by atoms with van der Waals surface area (Å²) in [5.74, 6) is -1.32. The highest BCUT2D eigenvalue weighted by Crippen LogP contribution is 2.31. The number of amides is 2. The SMILES string of the molecule is CC(=O)NC1=NC(=O)/C(=C\c2ccc(OCc3ccc(C(=O)[O-])cc3)c(Br)c2)S1. The fraction of sp³-hybridized carbons (Fsp3) is 0.100. The first-order valence-electron chi connectivity index (χ1n) is 8.34. The highest BCUT2D eigenvalue weighted by molar-refractivity contribution is 9.10. The summed E-state index contributed by atoms with van der Waals surface area (Å²) in [6.07, 6.45) is 1.68. The van der Waals surface area contributed by atoms with Crippen molar-refractivity contribution in [1.82, 2.24) is 5.32 Å². The number of amidine groups is 1. The van der Waals surface area contributed by atoms with Crippen molar-refractivity contribution in [3.05, 3.63) is 68.5 Å². The van der Waals surface area contributed by atoms with Crippen molar-refractivity contribution in [2.45, 2.75) is 13.5 Å². The van der Waals surface area contributed by atoms with Crippen molar-refractivity contribution in [3.8, 4) is 5.75 Å². The van der Waals surface area contributed by atoms with E-state index in [9.17, 15) is 19.5 Å². The van der Waals surface area contributed by atoms with Gasteiger partial charge in [0.2, 0.25) is 5.91 Å². The Morgan fingerprint density at radius 1 is 1.24 bits per heavy atom. The Morgan fingerprint density at radius 3 is 2.59 bits per heavy atom. The van der Waals surface area contributed by atoms with Crippen LogP contribution in [0.4, 0.5) is 0 Å². The van der Waals surface area contributed by atoms with Crippen LogP contribution in [0.1, 0.15) is 28.4 Å². The van der Waals surface area contributed by atoms with Crippen LogP contribution in [0, 0.1) is 0 Å². The molecule has 1 heterocycles. The number of carbonyl (C=O) groups is 3. The molecule has 0 spiro atoms. The molecule has 9 heteroatoms. The quantitative estimate of drug-likeness (QED) is 0.668. The van der Waals surface area contributed by atoms with Crippen LogP contribution in [0.3, 0.4) is 0 Å². The Kier molecular flexibility index (Phi) is 6.50. The van der Waals surface area contributed by atoms with Gasteiger partial charge in [0.05, 0.1) is 15.3 Å². The molecule has 0 atom stereocenters. The van der Waals surface area contributed by atoms with Crippen molar-refractivity contribution in [1.29, 1.82) is 0 Å². The largest absolute Gasteiger partial charge is 0.545 e. The first-order chi connectivity index (χ1) is 13.8. The van der Waals surface area contributed by atoms with Crippen molar-refractivity contribution < 1.29 is 24.2 Å². The molecule has 0 aliphatic carbocycles. The number of carboxylic acid groups (broad SMARTS) is 1. The van der Waals surface area contributed by atoms with Crippen molar-refractivity contribution >= 4 is 56.7 Å². The first kappa shape index (κ1) is 20.8. The average molecular weight is 474 g/mol. The summed E-state index contributed by atoms with van der Waals surface area (Å²) in [6, 6.07) is 11.6. The highest BCUT2D eigenvalue weighted by atomic mass is 79.9. The lowest BCUT2D eigenvalue weighted by atomic mass is 10.1. The van der Waals surface area contributed by atoms with E-state index in [1.807, 2.05) is 0 Å². The van der Waals surface area contributed by atoms with Gasteiger partial charge in [0.25, 0.3) is 5.91 Å². The number of aromatic carboxylic acids is 1. The molecule has 7 nitrogen and oxygen atoms in total. The normalized spacial score (nSPS) is 14.6. The molecule has 1 aliphatic heterocycles. The number of aliphatic imine (C=N–C) groups is 1. The Hall–Kier alpha value is -2.91. The van der Waals surface area contributed by atoms with Crippen LogP contribution < -0.4 is 15.2 Å². The lowest BCUT2D eigenvalue weighted by Crippen LogP contribution is -2.23. The fourth-order valence-corrected chi connectivity index (χ4v) is 3.76. The van der Waals surface area contributed by atoms with E-state index in [1.54, 1.807) is 36.4 Å².